The molecular formula is C13H18N2O. The third-order valence-electron chi connectivity index (χ3n) is 2.97. The quantitative estimate of drug-likeness (QED) is 0.792. The van der Waals surface area contributed by atoms with Gasteiger partial charge in [0.1, 0.15) is 0 Å². The van der Waals surface area contributed by atoms with Crippen LogP contribution in [-0.4, -0.2) is 18.5 Å². The molecule has 86 valence electrons. The van der Waals surface area contributed by atoms with Crippen molar-refractivity contribution in [3.05, 3.63) is 35.4 Å². The van der Waals surface area contributed by atoms with Crippen LogP contribution in [0.5, 0.6) is 0 Å². The van der Waals surface area contributed by atoms with Crippen LogP contribution in [0.25, 0.3) is 0 Å². The zero-order valence-corrected chi connectivity index (χ0v) is 9.57. The monoisotopic (exact) mass is 218 g/mol. The van der Waals surface area contributed by atoms with Gasteiger partial charge in [0.15, 0.2) is 0 Å². The smallest absolute Gasteiger partial charge is 0.224 e. The molecule has 3 N–H and O–H groups in total. The number of amides is 1. The van der Waals surface area contributed by atoms with Crippen LogP contribution in [0.2, 0.25) is 0 Å². The number of nitrogens with one attached hydrogen (secondary N) is 1. The average molecular weight is 218 g/mol. The summed E-state index contributed by atoms with van der Waals surface area (Å²) >= 11 is 0. The molecule has 1 saturated carbocycles. The molecule has 16 heavy (non-hydrogen) atoms. The molecular weight excluding hydrogens is 200 g/mol. The Labute approximate surface area is 96.0 Å². The summed E-state index contributed by atoms with van der Waals surface area (Å²) < 4.78 is 0. The highest BCUT2D eigenvalue weighted by molar-refractivity contribution is 5.82. The second kappa shape index (κ2) is 4.66. The molecule has 0 saturated heterocycles. The lowest BCUT2D eigenvalue weighted by molar-refractivity contribution is -0.122. The maximum atomic E-state index is 11.5. The van der Waals surface area contributed by atoms with Crippen molar-refractivity contribution < 1.29 is 4.79 Å². The van der Waals surface area contributed by atoms with Crippen LogP contribution in [0.1, 0.15) is 17.5 Å². The highest BCUT2D eigenvalue weighted by Gasteiger charge is 2.39. The van der Waals surface area contributed by atoms with Gasteiger partial charge in [0.2, 0.25) is 5.91 Å². The molecule has 2 unspecified atom stereocenters. The summed E-state index contributed by atoms with van der Waals surface area (Å²) in [7, 11) is 0. The van der Waals surface area contributed by atoms with Crippen LogP contribution in [0.15, 0.2) is 24.3 Å². The van der Waals surface area contributed by atoms with Crippen molar-refractivity contribution in [2.45, 2.75) is 25.8 Å². The molecule has 0 aromatic heterocycles. The van der Waals surface area contributed by atoms with E-state index in [0.717, 1.165) is 12.8 Å². The maximum absolute atomic E-state index is 11.5. The number of carbonyl (C=O) groups excluding carboxylic acids is 1. The molecule has 2 rings (SSSR count). The molecule has 1 amide bonds. The third-order valence-corrected chi connectivity index (χ3v) is 2.97. The predicted molar refractivity (Wildman–Crippen MR) is 64.0 cm³/mol. The number of aryl methyl sites for hydroxylation is 1. The Kier molecular flexibility index (Phi) is 3.25. The van der Waals surface area contributed by atoms with Gasteiger partial charge in [-0.25, -0.2) is 0 Å². The van der Waals surface area contributed by atoms with Gasteiger partial charge in [-0.15, -0.1) is 0 Å². The fraction of sp³-hybridized carbons (Fsp3) is 0.462. The lowest BCUT2D eigenvalue weighted by atomic mass is 10.1. The van der Waals surface area contributed by atoms with E-state index < -0.39 is 0 Å². The lowest BCUT2D eigenvalue weighted by Gasteiger charge is -2.05. The Morgan fingerprint density at radius 3 is 2.94 bits per heavy atom. The van der Waals surface area contributed by atoms with E-state index >= 15 is 0 Å². The van der Waals surface area contributed by atoms with E-state index in [1.807, 2.05) is 6.07 Å². The summed E-state index contributed by atoms with van der Waals surface area (Å²) in [4.78, 5) is 11.5. The maximum Gasteiger partial charge on any atom is 0.224 e. The molecule has 1 fully saturated rings. The summed E-state index contributed by atoms with van der Waals surface area (Å²) in [5.74, 6) is 0.178. The minimum absolute atomic E-state index is 0.0671. The Morgan fingerprint density at radius 2 is 2.31 bits per heavy atom. The first-order valence-electron chi connectivity index (χ1n) is 5.75. The molecule has 1 aliphatic carbocycles. The van der Waals surface area contributed by atoms with Crippen LogP contribution >= 0.6 is 0 Å². The molecule has 1 aromatic carbocycles. The van der Waals surface area contributed by atoms with E-state index in [2.05, 4.69) is 30.4 Å². The van der Waals surface area contributed by atoms with E-state index in [4.69, 9.17) is 5.73 Å². The molecule has 3 nitrogen and oxygen atoms in total. The van der Waals surface area contributed by atoms with Gasteiger partial charge >= 0.3 is 0 Å². The number of hydrogen-bond donors (Lipinski definition) is 2. The van der Waals surface area contributed by atoms with Crippen LogP contribution < -0.4 is 11.1 Å². The second-order valence-electron chi connectivity index (χ2n) is 4.54. The molecule has 1 aliphatic rings. The largest absolute Gasteiger partial charge is 0.355 e. The molecule has 2 atom stereocenters. The van der Waals surface area contributed by atoms with Crippen LogP contribution in [0.3, 0.4) is 0 Å². The SMILES string of the molecule is Cc1cccc(CCNC(=O)C2CC2N)c1. The van der Waals surface area contributed by atoms with Gasteiger partial charge in [-0.3, -0.25) is 4.79 Å². The summed E-state index contributed by atoms with van der Waals surface area (Å²) in [5.41, 5.74) is 8.13. The fourth-order valence-electron chi connectivity index (χ4n) is 1.84. The minimum Gasteiger partial charge on any atom is -0.355 e. The van der Waals surface area contributed by atoms with E-state index in [0.29, 0.717) is 6.54 Å². The van der Waals surface area contributed by atoms with Crippen molar-refractivity contribution in [3.63, 3.8) is 0 Å². The molecule has 1 aromatic rings. The van der Waals surface area contributed by atoms with Crippen molar-refractivity contribution in [1.29, 1.82) is 0 Å². The van der Waals surface area contributed by atoms with Crippen LogP contribution in [0, 0.1) is 12.8 Å². The first-order valence-corrected chi connectivity index (χ1v) is 5.75. The Bertz CT molecular complexity index is 389. The topological polar surface area (TPSA) is 55.1 Å². The van der Waals surface area contributed by atoms with Gasteiger partial charge in [0.25, 0.3) is 0 Å². The van der Waals surface area contributed by atoms with Crippen molar-refractivity contribution >= 4 is 5.91 Å². The molecule has 0 radical (unpaired) electrons. The highest BCUT2D eigenvalue weighted by atomic mass is 16.2. The highest BCUT2D eigenvalue weighted by Crippen LogP contribution is 2.27. The molecule has 0 spiro atoms. The van der Waals surface area contributed by atoms with E-state index in [-0.39, 0.29) is 17.9 Å². The number of rotatable bonds is 4. The Hall–Kier alpha value is -1.35. The van der Waals surface area contributed by atoms with Gasteiger partial charge in [-0.1, -0.05) is 29.8 Å². The number of nitrogens with two attached hydrogens (primary N) is 1. The molecule has 0 bridgehead atoms. The second-order valence-corrected chi connectivity index (χ2v) is 4.54. The van der Waals surface area contributed by atoms with Crippen molar-refractivity contribution in [2.75, 3.05) is 6.54 Å². The summed E-state index contributed by atoms with van der Waals surface area (Å²) in [6, 6.07) is 8.45. The minimum atomic E-state index is 0.0671. The first-order chi connectivity index (χ1) is 7.66. The normalized spacial score (nSPS) is 22.9. The predicted octanol–water partition coefficient (Wildman–Crippen LogP) is 1.00. The summed E-state index contributed by atoms with van der Waals surface area (Å²) in [6.45, 7) is 2.77. The summed E-state index contributed by atoms with van der Waals surface area (Å²) in [5, 5.41) is 2.92. The lowest BCUT2D eigenvalue weighted by Crippen LogP contribution is -2.29. The van der Waals surface area contributed by atoms with Crippen molar-refractivity contribution in [1.82, 2.24) is 5.32 Å². The van der Waals surface area contributed by atoms with E-state index in [1.54, 1.807) is 0 Å². The standard InChI is InChI=1S/C13H18N2O/c1-9-3-2-4-10(7-9)5-6-15-13(16)11-8-12(11)14/h2-4,7,11-12H,5-6,8,14H2,1H3,(H,15,16). The van der Waals surface area contributed by atoms with E-state index in [9.17, 15) is 4.79 Å². The zero-order valence-electron chi connectivity index (χ0n) is 9.57. The van der Waals surface area contributed by atoms with E-state index in [1.165, 1.54) is 11.1 Å². The number of benzene rings is 1. The number of hydrogen-bond acceptors (Lipinski definition) is 2. The van der Waals surface area contributed by atoms with Gasteiger partial charge < -0.3 is 11.1 Å². The molecule has 0 heterocycles. The Balaban J connectivity index is 1.74. The van der Waals surface area contributed by atoms with Gasteiger partial charge in [-0.2, -0.15) is 0 Å². The average Bonchev–Trinajstić information content (AvgIpc) is 2.96. The zero-order chi connectivity index (χ0) is 11.5. The summed E-state index contributed by atoms with van der Waals surface area (Å²) in [6.07, 6.45) is 1.73. The van der Waals surface area contributed by atoms with Crippen LogP contribution in [-0.2, 0) is 11.2 Å². The molecule has 0 aliphatic heterocycles. The Morgan fingerprint density at radius 1 is 1.56 bits per heavy atom. The van der Waals surface area contributed by atoms with Crippen LogP contribution in [0.4, 0.5) is 0 Å². The van der Waals surface area contributed by atoms with Gasteiger partial charge in [0.05, 0.1) is 5.92 Å². The first kappa shape index (κ1) is 11.1. The number of carbonyl (C=O) groups is 1. The van der Waals surface area contributed by atoms with Gasteiger partial charge in [-0.05, 0) is 25.3 Å². The molecule has 3 heteroatoms. The van der Waals surface area contributed by atoms with Gasteiger partial charge in [0, 0.05) is 12.6 Å². The third kappa shape index (κ3) is 2.83. The van der Waals surface area contributed by atoms with Crippen molar-refractivity contribution in [3.8, 4) is 0 Å². The van der Waals surface area contributed by atoms with Crippen molar-refractivity contribution in [2.24, 2.45) is 11.7 Å². The fourth-order valence-corrected chi connectivity index (χ4v) is 1.84.